The Hall–Kier alpha value is -1.80. The molecular formula is C17H19Cl2N3O3S. The van der Waals surface area contributed by atoms with Crippen LogP contribution in [0.1, 0.15) is 10.4 Å². The highest BCUT2D eigenvalue weighted by atomic mass is 35.5. The number of hydrogen-bond acceptors (Lipinski definition) is 4. The minimum atomic E-state index is -3.90. The van der Waals surface area contributed by atoms with Gasteiger partial charge in [0.15, 0.2) is 0 Å². The van der Waals surface area contributed by atoms with Crippen LogP contribution in [0.15, 0.2) is 47.4 Å². The molecule has 0 spiro atoms. The second-order valence-corrected chi connectivity index (χ2v) is 8.31. The van der Waals surface area contributed by atoms with E-state index < -0.39 is 10.0 Å². The zero-order valence-electron chi connectivity index (χ0n) is 14.3. The molecule has 2 aromatic rings. The molecule has 0 aliphatic rings. The summed E-state index contributed by atoms with van der Waals surface area (Å²) in [7, 11) is -0.0640. The van der Waals surface area contributed by atoms with Crippen molar-refractivity contribution in [2.24, 2.45) is 0 Å². The summed E-state index contributed by atoms with van der Waals surface area (Å²) in [6.07, 6.45) is 0. The summed E-state index contributed by atoms with van der Waals surface area (Å²) < 4.78 is 27.3. The van der Waals surface area contributed by atoms with Gasteiger partial charge >= 0.3 is 0 Å². The average molecular weight is 416 g/mol. The van der Waals surface area contributed by atoms with Crippen LogP contribution in [0.3, 0.4) is 0 Å². The molecule has 6 nitrogen and oxygen atoms in total. The van der Waals surface area contributed by atoms with E-state index in [-0.39, 0.29) is 20.8 Å². The van der Waals surface area contributed by atoms with Crippen LogP contribution < -0.4 is 10.0 Å². The minimum absolute atomic E-state index is 0.0683. The first-order valence-corrected chi connectivity index (χ1v) is 9.94. The number of nitrogens with one attached hydrogen (secondary N) is 2. The summed E-state index contributed by atoms with van der Waals surface area (Å²) in [6, 6.07) is 10.3. The van der Waals surface area contributed by atoms with Gasteiger partial charge < -0.3 is 10.2 Å². The van der Waals surface area contributed by atoms with E-state index in [2.05, 4.69) is 10.0 Å². The maximum Gasteiger partial charge on any atom is 0.263 e. The number of sulfonamides is 1. The Morgan fingerprint density at radius 3 is 2.35 bits per heavy atom. The van der Waals surface area contributed by atoms with Crippen LogP contribution in [-0.2, 0) is 10.0 Å². The quantitative estimate of drug-likeness (QED) is 0.727. The van der Waals surface area contributed by atoms with Crippen LogP contribution in [0.2, 0.25) is 10.0 Å². The zero-order chi connectivity index (χ0) is 19.3. The lowest BCUT2D eigenvalue weighted by molar-refractivity contribution is 0.0951. The molecule has 0 atom stereocenters. The van der Waals surface area contributed by atoms with E-state index >= 15 is 0 Å². The second kappa shape index (κ2) is 8.73. The van der Waals surface area contributed by atoms with E-state index in [4.69, 9.17) is 23.2 Å². The zero-order valence-corrected chi connectivity index (χ0v) is 16.6. The number of carbonyl (C=O) groups excluding carboxylic acids is 1. The smallest absolute Gasteiger partial charge is 0.263 e. The van der Waals surface area contributed by atoms with Gasteiger partial charge in [0.2, 0.25) is 0 Å². The molecule has 0 fully saturated rings. The Morgan fingerprint density at radius 2 is 1.73 bits per heavy atom. The van der Waals surface area contributed by atoms with Crippen LogP contribution in [-0.4, -0.2) is 46.4 Å². The summed E-state index contributed by atoms with van der Waals surface area (Å²) in [6.45, 7) is 1.25. The van der Waals surface area contributed by atoms with Crippen LogP contribution in [0, 0.1) is 0 Å². The molecule has 2 rings (SSSR count). The van der Waals surface area contributed by atoms with Gasteiger partial charge in [-0.1, -0.05) is 23.2 Å². The fourth-order valence-corrected chi connectivity index (χ4v) is 3.90. The number of carbonyl (C=O) groups is 1. The third-order valence-corrected chi connectivity index (χ3v) is 5.52. The molecule has 0 unspecified atom stereocenters. The Labute approximate surface area is 163 Å². The monoisotopic (exact) mass is 415 g/mol. The molecule has 0 aliphatic carbocycles. The van der Waals surface area contributed by atoms with Crippen molar-refractivity contribution in [3.8, 4) is 0 Å². The van der Waals surface area contributed by atoms with Gasteiger partial charge in [0.25, 0.3) is 15.9 Å². The third kappa shape index (κ3) is 5.60. The highest BCUT2D eigenvalue weighted by Gasteiger charge is 2.18. The highest BCUT2D eigenvalue weighted by Crippen LogP contribution is 2.26. The second-order valence-electron chi connectivity index (χ2n) is 5.82. The Kier molecular flexibility index (Phi) is 6.88. The number of halogens is 2. The number of nitrogens with zero attached hydrogens (tertiary/aromatic N) is 1. The van der Waals surface area contributed by atoms with Crippen LogP contribution in [0.5, 0.6) is 0 Å². The maximum atomic E-state index is 12.5. The van der Waals surface area contributed by atoms with Gasteiger partial charge in [-0.3, -0.25) is 9.52 Å². The molecule has 0 aliphatic heterocycles. The first-order valence-electron chi connectivity index (χ1n) is 7.70. The van der Waals surface area contributed by atoms with Crippen LogP contribution in [0.4, 0.5) is 5.69 Å². The molecule has 9 heteroatoms. The number of hydrogen-bond donors (Lipinski definition) is 2. The largest absolute Gasteiger partial charge is 0.351 e. The molecule has 1 amide bonds. The lowest BCUT2D eigenvalue weighted by atomic mass is 10.2. The summed E-state index contributed by atoms with van der Waals surface area (Å²) in [5.74, 6) is -0.223. The van der Waals surface area contributed by atoms with Crippen LogP contribution >= 0.6 is 23.2 Å². The molecule has 0 aromatic heterocycles. The molecule has 140 valence electrons. The van der Waals surface area contributed by atoms with Crippen molar-refractivity contribution in [2.75, 3.05) is 31.9 Å². The predicted octanol–water partition coefficient (Wildman–Crippen LogP) is 3.09. The molecule has 0 saturated carbocycles. The fraction of sp³-hybridized carbons (Fsp3) is 0.235. The van der Waals surface area contributed by atoms with E-state index in [1.54, 1.807) is 12.1 Å². The Bertz CT molecular complexity index is 885. The standard InChI is InChI=1S/C17H19Cl2N3O3S/c1-22(2)10-9-20-17(23)12-3-6-14(7-4-12)21-26(24,25)16-11-13(18)5-8-15(16)19/h3-8,11,21H,9-10H2,1-2H3,(H,20,23). The van der Waals surface area contributed by atoms with Gasteiger partial charge in [-0.05, 0) is 56.6 Å². The summed E-state index contributed by atoms with van der Waals surface area (Å²) in [5, 5.41) is 3.12. The summed E-state index contributed by atoms with van der Waals surface area (Å²) >= 11 is 11.8. The number of anilines is 1. The maximum absolute atomic E-state index is 12.5. The summed E-state index contributed by atoms with van der Waals surface area (Å²) in [5.41, 5.74) is 0.748. The Balaban J connectivity index is 2.09. The summed E-state index contributed by atoms with van der Waals surface area (Å²) in [4.78, 5) is 13.9. The van der Waals surface area contributed by atoms with Gasteiger partial charge in [-0.15, -0.1) is 0 Å². The van der Waals surface area contributed by atoms with Crippen molar-refractivity contribution in [1.29, 1.82) is 0 Å². The molecular weight excluding hydrogens is 397 g/mol. The molecule has 2 N–H and O–H groups in total. The normalized spacial score (nSPS) is 11.4. The van der Waals surface area contributed by atoms with Gasteiger partial charge in [0, 0.05) is 29.4 Å². The van der Waals surface area contributed by atoms with Crippen molar-refractivity contribution >= 4 is 44.8 Å². The van der Waals surface area contributed by atoms with Crippen molar-refractivity contribution in [3.63, 3.8) is 0 Å². The lowest BCUT2D eigenvalue weighted by Gasteiger charge is -2.12. The van der Waals surface area contributed by atoms with E-state index in [0.717, 1.165) is 6.54 Å². The minimum Gasteiger partial charge on any atom is -0.351 e. The SMILES string of the molecule is CN(C)CCNC(=O)c1ccc(NS(=O)(=O)c2cc(Cl)ccc2Cl)cc1. The van der Waals surface area contributed by atoms with Crippen LogP contribution in [0.25, 0.3) is 0 Å². The number of amides is 1. The Morgan fingerprint density at radius 1 is 1.08 bits per heavy atom. The third-order valence-electron chi connectivity index (χ3n) is 3.43. The van der Waals surface area contributed by atoms with E-state index in [0.29, 0.717) is 17.8 Å². The van der Waals surface area contributed by atoms with Gasteiger partial charge in [0.05, 0.1) is 5.02 Å². The first-order chi connectivity index (χ1) is 12.2. The van der Waals surface area contributed by atoms with E-state index in [9.17, 15) is 13.2 Å². The van der Waals surface area contributed by atoms with Crippen molar-refractivity contribution in [3.05, 3.63) is 58.1 Å². The molecule has 0 bridgehead atoms. The lowest BCUT2D eigenvalue weighted by Crippen LogP contribution is -2.31. The van der Waals surface area contributed by atoms with Crippen molar-refractivity contribution < 1.29 is 13.2 Å². The number of rotatable bonds is 7. The molecule has 0 radical (unpaired) electrons. The van der Waals surface area contributed by atoms with E-state index in [1.165, 1.54) is 30.3 Å². The number of benzene rings is 2. The molecule has 26 heavy (non-hydrogen) atoms. The average Bonchev–Trinajstić information content (AvgIpc) is 2.57. The van der Waals surface area contributed by atoms with E-state index in [1.807, 2.05) is 19.0 Å². The van der Waals surface area contributed by atoms with Gasteiger partial charge in [0.1, 0.15) is 4.90 Å². The molecule has 0 saturated heterocycles. The number of likely N-dealkylation sites (N-methyl/N-ethyl adjacent to an activating group) is 1. The topological polar surface area (TPSA) is 78.5 Å². The first kappa shape index (κ1) is 20.5. The molecule has 0 heterocycles. The molecule has 2 aromatic carbocycles. The fourth-order valence-electron chi connectivity index (χ4n) is 2.08. The highest BCUT2D eigenvalue weighted by molar-refractivity contribution is 7.92. The predicted molar refractivity (Wildman–Crippen MR) is 105 cm³/mol. The van der Waals surface area contributed by atoms with Crippen molar-refractivity contribution in [2.45, 2.75) is 4.90 Å². The van der Waals surface area contributed by atoms with Gasteiger partial charge in [-0.2, -0.15) is 0 Å². The van der Waals surface area contributed by atoms with Gasteiger partial charge in [-0.25, -0.2) is 8.42 Å². The van der Waals surface area contributed by atoms with Crippen molar-refractivity contribution in [1.82, 2.24) is 10.2 Å².